The average Bonchev–Trinajstić information content (AvgIpc) is 2.40. The van der Waals surface area contributed by atoms with Gasteiger partial charge in [0.1, 0.15) is 0 Å². The highest BCUT2D eigenvalue weighted by Gasteiger charge is 2.11. The first-order chi connectivity index (χ1) is 8.75. The van der Waals surface area contributed by atoms with Gasteiger partial charge in [0.2, 0.25) is 5.91 Å². The summed E-state index contributed by atoms with van der Waals surface area (Å²) >= 11 is 0. The van der Waals surface area contributed by atoms with Crippen LogP contribution in [0.5, 0.6) is 0 Å². The van der Waals surface area contributed by atoms with E-state index in [0.29, 0.717) is 6.42 Å². The molecule has 0 fully saturated rings. The normalized spacial score (nSPS) is 11.8. The van der Waals surface area contributed by atoms with Crippen molar-refractivity contribution in [1.82, 2.24) is 0 Å². The predicted octanol–water partition coefficient (Wildman–Crippen LogP) is 2.63. The Hall–Kier alpha value is -2.16. The van der Waals surface area contributed by atoms with E-state index in [2.05, 4.69) is 29.4 Å². The maximum atomic E-state index is 11.9. The molecule has 0 radical (unpaired) electrons. The third-order valence-corrected chi connectivity index (χ3v) is 2.86. The molecule has 2 aromatic rings. The van der Waals surface area contributed by atoms with Crippen molar-refractivity contribution in [2.75, 3.05) is 5.32 Å². The van der Waals surface area contributed by atoms with Crippen LogP contribution in [0.3, 0.4) is 0 Å². The Labute approximate surface area is 107 Å². The molecule has 0 saturated carbocycles. The van der Waals surface area contributed by atoms with Gasteiger partial charge in [0.15, 0.2) is 12.4 Å². The minimum atomic E-state index is 0.0394. The van der Waals surface area contributed by atoms with Crippen LogP contribution in [0.4, 0.5) is 5.69 Å². The SMILES string of the molecule is CC(CC(=O)Nc1cc[nH+]cc1)c1ccccc1. The van der Waals surface area contributed by atoms with Crippen LogP contribution in [-0.2, 0) is 4.79 Å². The third kappa shape index (κ3) is 3.42. The van der Waals surface area contributed by atoms with Crippen LogP contribution in [-0.4, -0.2) is 5.91 Å². The van der Waals surface area contributed by atoms with Crippen LogP contribution in [0.15, 0.2) is 54.9 Å². The zero-order valence-electron chi connectivity index (χ0n) is 10.4. The summed E-state index contributed by atoms with van der Waals surface area (Å²) in [5, 5.41) is 2.88. The second kappa shape index (κ2) is 5.96. The largest absolute Gasteiger partial charge is 0.326 e. The number of carbonyl (C=O) groups is 1. The van der Waals surface area contributed by atoms with Gasteiger partial charge in [0.25, 0.3) is 0 Å². The molecule has 1 atom stereocenters. The van der Waals surface area contributed by atoms with Gasteiger partial charge in [0, 0.05) is 18.6 Å². The predicted molar refractivity (Wildman–Crippen MR) is 71.1 cm³/mol. The topological polar surface area (TPSA) is 43.2 Å². The highest BCUT2D eigenvalue weighted by molar-refractivity contribution is 5.91. The monoisotopic (exact) mass is 241 g/mol. The molecule has 3 heteroatoms. The number of H-pyrrole nitrogens is 1. The molecule has 0 aliphatic rings. The van der Waals surface area contributed by atoms with Gasteiger partial charge < -0.3 is 5.32 Å². The van der Waals surface area contributed by atoms with Crippen molar-refractivity contribution in [3.63, 3.8) is 0 Å². The van der Waals surface area contributed by atoms with E-state index in [4.69, 9.17) is 0 Å². The fourth-order valence-electron chi connectivity index (χ4n) is 1.86. The molecule has 0 aliphatic carbocycles. The van der Waals surface area contributed by atoms with Crippen molar-refractivity contribution in [2.45, 2.75) is 19.3 Å². The zero-order valence-corrected chi connectivity index (χ0v) is 10.4. The summed E-state index contributed by atoms with van der Waals surface area (Å²) in [5.74, 6) is 0.263. The van der Waals surface area contributed by atoms with E-state index in [1.807, 2.05) is 30.3 Å². The van der Waals surface area contributed by atoms with Crippen molar-refractivity contribution in [3.8, 4) is 0 Å². The first kappa shape index (κ1) is 12.3. The van der Waals surface area contributed by atoms with E-state index >= 15 is 0 Å². The molecule has 1 heterocycles. The lowest BCUT2D eigenvalue weighted by Crippen LogP contribution is -2.15. The van der Waals surface area contributed by atoms with E-state index in [1.165, 1.54) is 5.56 Å². The van der Waals surface area contributed by atoms with E-state index < -0.39 is 0 Å². The number of aromatic nitrogens is 1. The number of amides is 1. The number of hydrogen-bond donors (Lipinski definition) is 1. The van der Waals surface area contributed by atoms with Crippen molar-refractivity contribution < 1.29 is 9.78 Å². The number of pyridine rings is 1. The first-order valence-electron chi connectivity index (χ1n) is 6.06. The van der Waals surface area contributed by atoms with Gasteiger partial charge >= 0.3 is 0 Å². The summed E-state index contributed by atoms with van der Waals surface area (Å²) in [6.07, 6.45) is 4.06. The maximum absolute atomic E-state index is 11.9. The Morgan fingerprint density at radius 2 is 1.83 bits per heavy atom. The molecule has 2 N–H and O–H groups in total. The molecule has 92 valence electrons. The number of aromatic amines is 1. The van der Waals surface area contributed by atoms with E-state index in [9.17, 15) is 4.79 Å². The molecular formula is C15H17N2O+. The highest BCUT2D eigenvalue weighted by Crippen LogP contribution is 2.19. The highest BCUT2D eigenvalue weighted by atomic mass is 16.1. The van der Waals surface area contributed by atoms with Crippen LogP contribution in [0.1, 0.15) is 24.8 Å². The van der Waals surface area contributed by atoms with Crippen LogP contribution in [0.25, 0.3) is 0 Å². The molecule has 18 heavy (non-hydrogen) atoms. The van der Waals surface area contributed by atoms with Crippen LogP contribution in [0, 0.1) is 0 Å². The number of nitrogens with one attached hydrogen (secondary N) is 2. The Balaban J connectivity index is 1.92. The number of anilines is 1. The molecule has 0 aliphatic heterocycles. The molecule has 1 aromatic carbocycles. The van der Waals surface area contributed by atoms with E-state index in [-0.39, 0.29) is 11.8 Å². The molecule has 3 nitrogen and oxygen atoms in total. The first-order valence-corrected chi connectivity index (χ1v) is 6.06. The maximum Gasteiger partial charge on any atom is 0.224 e. The van der Waals surface area contributed by atoms with Gasteiger partial charge in [-0.05, 0) is 11.5 Å². The van der Waals surface area contributed by atoms with Gasteiger partial charge in [0.05, 0.1) is 5.69 Å². The molecule has 1 aromatic heterocycles. The Morgan fingerprint density at radius 1 is 1.17 bits per heavy atom. The summed E-state index contributed by atoms with van der Waals surface area (Å²) < 4.78 is 0. The standard InChI is InChI=1S/C15H16N2O/c1-12(13-5-3-2-4-6-13)11-15(18)17-14-7-9-16-10-8-14/h2-10,12H,11H2,1H3,(H,16,17,18)/p+1. The molecule has 1 unspecified atom stereocenters. The van der Waals surface area contributed by atoms with Crippen molar-refractivity contribution in [3.05, 3.63) is 60.4 Å². The molecule has 1 amide bonds. The van der Waals surface area contributed by atoms with Gasteiger partial charge in [-0.1, -0.05) is 37.3 Å². The number of benzene rings is 1. The summed E-state index contributed by atoms with van der Waals surface area (Å²) in [6.45, 7) is 2.06. The average molecular weight is 241 g/mol. The van der Waals surface area contributed by atoms with Crippen LogP contribution in [0.2, 0.25) is 0 Å². The number of carbonyl (C=O) groups excluding carboxylic acids is 1. The fraction of sp³-hybridized carbons (Fsp3) is 0.200. The minimum absolute atomic E-state index is 0.0394. The van der Waals surface area contributed by atoms with Gasteiger partial charge in [-0.3, -0.25) is 4.79 Å². The minimum Gasteiger partial charge on any atom is -0.326 e. The molecule has 0 saturated heterocycles. The summed E-state index contributed by atoms with van der Waals surface area (Å²) in [6, 6.07) is 13.8. The van der Waals surface area contributed by atoms with Crippen molar-refractivity contribution in [2.24, 2.45) is 0 Å². The van der Waals surface area contributed by atoms with Crippen molar-refractivity contribution >= 4 is 11.6 Å². The third-order valence-electron chi connectivity index (χ3n) is 2.86. The number of hydrogen-bond acceptors (Lipinski definition) is 1. The summed E-state index contributed by atoms with van der Waals surface area (Å²) in [4.78, 5) is 14.8. The second-order valence-electron chi connectivity index (χ2n) is 4.35. The molecule has 2 rings (SSSR count). The van der Waals surface area contributed by atoms with Gasteiger partial charge in [-0.2, -0.15) is 0 Å². The van der Waals surface area contributed by atoms with Crippen LogP contribution >= 0.6 is 0 Å². The fourth-order valence-corrected chi connectivity index (χ4v) is 1.86. The van der Waals surface area contributed by atoms with E-state index in [1.54, 1.807) is 12.4 Å². The lowest BCUT2D eigenvalue weighted by molar-refractivity contribution is -0.377. The second-order valence-corrected chi connectivity index (χ2v) is 4.35. The lowest BCUT2D eigenvalue weighted by atomic mass is 9.97. The van der Waals surface area contributed by atoms with Gasteiger partial charge in [-0.15, -0.1) is 0 Å². The summed E-state index contributed by atoms with van der Waals surface area (Å²) in [7, 11) is 0. The van der Waals surface area contributed by atoms with Crippen molar-refractivity contribution in [1.29, 1.82) is 0 Å². The number of rotatable bonds is 4. The van der Waals surface area contributed by atoms with E-state index in [0.717, 1.165) is 5.69 Å². The quantitative estimate of drug-likeness (QED) is 0.878. The Morgan fingerprint density at radius 3 is 2.50 bits per heavy atom. The Kier molecular flexibility index (Phi) is 4.07. The zero-order chi connectivity index (χ0) is 12.8. The lowest BCUT2D eigenvalue weighted by Gasteiger charge is -2.11. The van der Waals surface area contributed by atoms with Crippen LogP contribution < -0.4 is 10.3 Å². The molecule has 0 bridgehead atoms. The smallest absolute Gasteiger partial charge is 0.224 e. The van der Waals surface area contributed by atoms with Gasteiger partial charge in [-0.25, -0.2) is 4.98 Å². The summed E-state index contributed by atoms with van der Waals surface area (Å²) in [5.41, 5.74) is 2.01. The molecule has 0 spiro atoms. The Bertz CT molecular complexity index is 496. The molecular weight excluding hydrogens is 224 g/mol.